The van der Waals surface area contributed by atoms with Crippen LogP contribution in [0.15, 0.2) is 0 Å². The van der Waals surface area contributed by atoms with Crippen molar-refractivity contribution in [3.63, 3.8) is 0 Å². The van der Waals surface area contributed by atoms with Crippen molar-refractivity contribution in [1.82, 2.24) is 4.90 Å². The van der Waals surface area contributed by atoms with Gasteiger partial charge in [0.05, 0.1) is 6.42 Å². The third-order valence-corrected chi connectivity index (χ3v) is 2.46. The van der Waals surface area contributed by atoms with Gasteiger partial charge in [0.2, 0.25) is 5.91 Å². The van der Waals surface area contributed by atoms with E-state index in [4.69, 9.17) is 23.2 Å². The lowest BCUT2D eigenvalue weighted by molar-refractivity contribution is -0.137. The zero-order valence-corrected chi connectivity index (χ0v) is 11.0. The Kier molecular flexibility index (Phi) is 6.22. The largest absolute Gasteiger partial charge is 0.337 e. The van der Waals surface area contributed by atoms with Gasteiger partial charge < -0.3 is 4.90 Å². The van der Waals surface area contributed by atoms with E-state index < -0.39 is 10.6 Å². The second-order valence-corrected chi connectivity index (χ2v) is 5.03. The van der Waals surface area contributed by atoms with Gasteiger partial charge in [0.25, 0.3) is 0 Å². The molecule has 88 valence electrons. The lowest BCUT2D eigenvalue weighted by Gasteiger charge is -2.30. The number of Topliss-reactive ketones (excluding diaryl/α,β-unsaturated/α-hetero) is 1. The molecule has 0 spiro atoms. The van der Waals surface area contributed by atoms with Gasteiger partial charge in [-0.1, -0.05) is 23.2 Å². The molecule has 0 saturated carbocycles. The van der Waals surface area contributed by atoms with E-state index in [9.17, 15) is 9.59 Å². The molecule has 0 unspecified atom stereocenters. The monoisotopic (exact) mass is 253 g/mol. The lowest BCUT2D eigenvalue weighted by Crippen LogP contribution is -2.43. The van der Waals surface area contributed by atoms with E-state index in [1.54, 1.807) is 4.90 Å². The van der Waals surface area contributed by atoms with Gasteiger partial charge in [-0.3, -0.25) is 9.59 Å². The SMILES string of the molecule is CC(C)N(C(=O)CC(=O)C(Cl)Cl)C(C)C. The van der Waals surface area contributed by atoms with Crippen molar-refractivity contribution < 1.29 is 9.59 Å². The maximum atomic E-state index is 11.7. The highest BCUT2D eigenvalue weighted by atomic mass is 35.5. The number of rotatable bonds is 5. The average Bonchev–Trinajstić information content (AvgIpc) is 2.01. The Balaban J connectivity index is 4.47. The van der Waals surface area contributed by atoms with Crippen LogP contribution >= 0.6 is 23.2 Å². The summed E-state index contributed by atoms with van der Waals surface area (Å²) in [5.41, 5.74) is 0. The van der Waals surface area contributed by atoms with E-state index >= 15 is 0 Å². The fraction of sp³-hybridized carbons (Fsp3) is 0.800. The smallest absolute Gasteiger partial charge is 0.230 e. The summed E-state index contributed by atoms with van der Waals surface area (Å²) in [4.78, 5) is 23.5. The maximum Gasteiger partial charge on any atom is 0.230 e. The topological polar surface area (TPSA) is 37.4 Å². The van der Waals surface area contributed by atoms with Crippen molar-refractivity contribution in [1.29, 1.82) is 0 Å². The minimum Gasteiger partial charge on any atom is -0.337 e. The molecule has 0 radical (unpaired) electrons. The third kappa shape index (κ3) is 4.85. The molecule has 0 aromatic heterocycles. The van der Waals surface area contributed by atoms with Gasteiger partial charge in [0, 0.05) is 12.1 Å². The number of carbonyl (C=O) groups is 2. The molecule has 0 saturated heterocycles. The second-order valence-electron chi connectivity index (χ2n) is 3.93. The molecule has 0 N–H and O–H groups in total. The number of hydrogen-bond donors (Lipinski definition) is 0. The summed E-state index contributed by atoms with van der Waals surface area (Å²) in [7, 11) is 0. The summed E-state index contributed by atoms with van der Waals surface area (Å²) in [5.74, 6) is -0.675. The summed E-state index contributed by atoms with van der Waals surface area (Å²) in [6, 6.07) is 0.129. The molecule has 0 aromatic rings. The highest BCUT2D eigenvalue weighted by Gasteiger charge is 2.24. The minimum atomic E-state index is -1.12. The maximum absolute atomic E-state index is 11.7. The molecule has 0 heterocycles. The Hall–Kier alpha value is -0.280. The second kappa shape index (κ2) is 6.33. The number of alkyl halides is 2. The van der Waals surface area contributed by atoms with Crippen LogP contribution in [0.3, 0.4) is 0 Å². The zero-order valence-electron chi connectivity index (χ0n) is 9.46. The normalized spacial score (nSPS) is 11.3. The molecule has 0 bridgehead atoms. The van der Waals surface area contributed by atoms with Crippen LogP contribution in [0, 0.1) is 0 Å². The van der Waals surface area contributed by atoms with Crippen molar-refractivity contribution in [3.05, 3.63) is 0 Å². The zero-order chi connectivity index (χ0) is 12.2. The molecular weight excluding hydrogens is 237 g/mol. The van der Waals surface area contributed by atoms with Crippen LogP contribution in [0.2, 0.25) is 0 Å². The van der Waals surface area contributed by atoms with Gasteiger partial charge in [-0.2, -0.15) is 0 Å². The van der Waals surface area contributed by atoms with E-state index in [-0.39, 0.29) is 24.4 Å². The first-order valence-electron chi connectivity index (χ1n) is 4.89. The first kappa shape index (κ1) is 14.7. The Bertz CT molecular complexity index is 232. The van der Waals surface area contributed by atoms with Gasteiger partial charge in [-0.15, -0.1) is 0 Å². The summed E-state index contributed by atoms with van der Waals surface area (Å²) in [6.07, 6.45) is -0.228. The highest BCUT2D eigenvalue weighted by Crippen LogP contribution is 2.11. The molecule has 0 aromatic carbocycles. The number of halogens is 2. The van der Waals surface area contributed by atoms with Crippen LogP contribution in [-0.4, -0.2) is 33.5 Å². The van der Waals surface area contributed by atoms with E-state index in [1.807, 2.05) is 27.7 Å². The van der Waals surface area contributed by atoms with Gasteiger partial charge in [-0.25, -0.2) is 0 Å². The number of carbonyl (C=O) groups excluding carboxylic acids is 2. The van der Waals surface area contributed by atoms with Crippen LogP contribution < -0.4 is 0 Å². The standard InChI is InChI=1S/C10H17Cl2NO2/c1-6(2)13(7(3)4)9(15)5-8(14)10(11)12/h6-7,10H,5H2,1-4H3. The van der Waals surface area contributed by atoms with Crippen molar-refractivity contribution in [2.24, 2.45) is 0 Å². The summed E-state index contributed by atoms with van der Waals surface area (Å²) < 4.78 is 0. The molecular formula is C10H17Cl2NO2. The molecule has 0 aliphatic carbocycles. The molecule has 15 heavy (non-hydrogen) atoms. The van der Waals surface area contributed by atoms with Crippen molar-refractivity contribution in [2.75, 3.05) is 0 Å². The molecule has 0 fully saturated rings. The molecule has 0 rings (SSSR count). The summed E-state index contributed by atoms with van der Waals surface area (Å²) in [5, 5.41) is 0. The Labute approximate surface area is 101 Å². The predicted octanol–water partition coefficient (Wildman–Crippen LogP) is 2.39. The van der Waals surface area contributed by atoms with Crippen LogP contribution in [0.5, 0.6) is 0 Å². The summed E-state index contributed by atoms with van der Waals surface area (Å²) >= 11 is 10.8. The van der Waals surface area contributed by atoms with E-state index in [2.05, 4.69) is 0 Å². The molecule has 1 amide bonds. The van der Waals surface area contributed by atoms with Gasteiger partial charge in [-0.05, 0) is 27.7 Å². The number of ketones is 1. The number of nitrogens with zero attached hydrogens (tertiary/aromatic N) is 1. The molecule has 5 heteroatoms. The number of amides is 1. The molecule has 0 aliphatic rings. The van der Waals surface area contributed by atoms with Crippen molar-refractivity contribution in [3.8, 4) is 0 Å². The van der Waals surface area contributed by atoms with Crippen LogP contribution in [-0.2, 0) is 9.59 Å². The molecule has 0 atom stereocenters. The first-order chi connectivity index (χ1) is 6.77. The Morgan fingerprint density at radius 3 is 1.73 bits per heavy atom. The van der Waals surface area contributed by atoms with Crippen LogP contribution in [0.1, 0.15) is 34.1 Å². The first-order valence-corrected chi connectivity index (χ1v) is 5.76. The predicted molar refractivity (Wildman–Crippen MR) is 62.2 cm³/mol. The average molecular weight is 254 g/mol. The van der Waals surface area contributed by atoms with Gasteiger partial charge in [0.15, 0.2) is 10.6 Å². The molecule has 0 aliphatic heterocycles. The van der Waals surface area contributed by atoms with Crippen LogP contribution in [0.25, 0.3) is 0 Å². The van der Waals surface area contributed by atoms with E-state index in [1.165, 1.54) is 0 Å². The minimum absolute atomic E-state index is 0.0643. The van der Waals surface area contributed by atoms with E-state index in [0.29, 0.717) is 0 Å². The van der Waals surface area contributed by atoms with Crippen LogP contribution in [0.4, 0.5) is 0 Å². The number of hydrogen-bond acceptors (Lipinski definition) is 2. The quantitative estimate of drug-likeness (QED) is 0.558. The van der Waals surface area contributed by atoms with Crippen molar-refractivity contribution in [2.45, 2.75) is 51.0 Å². The Morgan fingerprint density at radius 2 is 1.47 bits per heavy atom. The van der Waals surface area contributed by atoms with Gasteiger partial charge in [0.1, 0.15) is 0 Å². The van der Waals surface area contributed by atoms with Gasteiger partial charge >= 0.3 is 0 Å². The Morgan fingerprint density at radius 1 is 1.07 bits per heavy atom. The van der Waals surface area contributed by atoms with E-state index in [0.717, 1.165) is 0 Å². The fourth-order valence-corrected chi connectivity index (χ4v) is 1.64. The highest BCUT2D eigenvalue weighted by molar-refractivity contribution is 6.54. The summed E-state index contributed by atoms with van der Waals surface area (Å²) in [6.45, 7) is 7.62. The lowest BCUT2D eigenvalue weighted by atomic mass is 10.2. The van der Waals surface area contributed by atoms with Crippen molar-refractivity contribution >= 4 is 34.9 Å². The third-order valence-electron chi connectivity index (χ3n) is 1.97. The fourth-order valence-electron chi connectivity index (χ4n) is 1.49. The molecule has 3 nitrogen and oxygen atoms in total.